The van der Waals surface area contributed by atoms with E-state index in [0.29, 0.717) is 6.61 Å². The summed E-state index contributed by atoms with van der Waals surface area (Å²) in [6, 6.07) is 0. The monoisotopic (exact) mass is 201 g/mol. The number of thioether (sulfide) groups is 1. The summed E-state index contributed by atoms with van der Waals surface area (Å²) in [5, 5.41) is 8.00. The van der Waals surface area contributed by atoms with Crippen LogP contribution in [0.3, 0.4) is 0 Å². The van der Waals surface area contributed by atoms with Crippen LogP contribution in [0.5, 0.6) is 0 Å². The first-order valence-corrected chi connectivity index (χ1v) is 5.72. The van der Waals surface area contributed by atoms with E-state index in [9.17, 15) is 0 Å². The average molecular weight is 201 g/mol. The fourth-order valence-corrected chi connectivity index (χ4v) is 1.39. The van der Waals surface area contributed by atoms with Crippen LogP contribution in [0.2, 0.25) is 0 Å². The smallest absolute Gasteiger partial charge is 0.0925 e. The van der Waals surface area contributed by atoms with Crippen LogP contribution in [0.4, 0.5) is 0 Å². The molecule has 0 aromatic carbocycles. The minimum atomic E-state index is 0.707. The van der Waals surface area contributed by atoms with Crippen LogP contribution in [-0.2, 0) is 17.0 Å². The average Bonchev–Trinajstić information content (AvgIpc) is 2.54. The van der Waals surface area contributed by atoms with Crippen LogP contribution in [0, 0.1) is 0 Å². The molecule has 1 aromatic rings. The number of nitrogens with zero attached hydrogens (tertiary/aromatic N) is 3. The topological polar surface area (TPSA) is 39.9 Å². The summed E-state index contributed by atoms with van der Waals surface area (Å²) in [6.07, 6.45) is 4.02. The lowest BCUT2D eigenvalue weighted by Crippen LogP contribution is -2.06. The lowest BCUT2D eigenvalue weighted by molar-refractivity contribution is 0.136. The van der Waals surface area contributed by atoms with E-state index in [1.807, 2.05) is 17.8 Å². The first-order chi connectivity index (χ1) is 6.36. The second kappa shape index (κ2) is 5.99. The Kier molecular flexibility index (Phi) is 4.85. The Balaban J connectivity index is 2.31. The van der Waals surface area contributed by atoms with E-state index in [1.54, 1.807) is 11.8 Å². The Bertz CT molecular complexity index is 239. The molecule has 13 heavy (non-hydrogen) atoms. The highest BCUT2D eigenvalue weighted by Crippen LogP contribution is 2.03. The van der Waals surface area contributed by atoms with Gasteiger partial charge in [0.1, 0.15) is 0 Å². The predicted molar refractivity (Wildman–Crippen MR) is 53.7 cm³/mol. The fraction of sp³-hybridized carbons (Fsp3) is 0.750. The maximum atomic E-state index is 5.21. The van der Waals surface area contributed by atoms with Gasteiger partial charge in [-0.1, -0.05) is 5.21 Å². The molecule has 74 valence electrons. The maximum Gasteiger partial charge on any atom is 0.0925 e. The Morgan fingerprint density at radius 2 is 2.46 bits per heavy atom. The third-order valence-corrected chi connectivity index (χ3v) is 2.13. The van der Waals surface area contributed by atoms with Gasteiger partial charge in [0.15, 0.2) is 0 Å². The Labute approximate surface area is 82.7 Å². The summed E-state index contributed by atoms with van der Waals surface area (Å²) >= 11 is 1.75. The van der Waals surface area contributed by atoms with Crippen LogP contribution >= 0.6 is 11.8 Å². The van der Waals surface area contributed by atoms with Crippen molar-refractivity contribution in [3.63, 3.8) is 0 Å². The molecule has 0 N–H and O–H groups in total. The van der Waals surface area contributed by atoms with E-state index in [1.165, 1.54) is 0 Å². The molecule has 0 atom stereocenters. The predicted octanol–water partition coefficient (Wildman–Crippen LogP) is 1.18. The summed E-state index contributed by atoms with van der Waals surface area (Å²) in [7, 11) is 0. The summed E-state index contributed by atoms with van der Waals surface area (Å²) < 4.78 is 7.03. The van der Waals surface area contributed by atoms with Crippen LogP contribution in [-0.4, -0.2) is 34.5 Å². The Hall–Kier alpha value is -0.550. The zero-order chi connectivity index (χ0) is 9.52. The molecule has 0 spiro atoms. The van der Waals surface area contributed by atoms with Gasteiger partial charge in [0.25, 0.3) is 0 Å². The molecule has 5 heteroatoms. The van der Waals surface area contributed by atoms with Gasteiger partial charge in [-0.05, 0) is 13.2 Å². The van der Waals surface area contributed by atoms with Crippen molar-refractivity contribution < 1.29 is 4.74 Å². The lowest BCUT2D eigenvalue weighted by Gasteiger charge is -1.99. The van der Waals surface area contributed by atoms with Crippen molar-refractivity contribution in [1.82, 2.24) is 15.0 Å². The molecule has 0 aliphatic rings. The van der Waals surface area contributed by atoms with Gasteiger partial charge in [-0.3, -0.25) is 0 Å². The summed E-state index contributed by atoms with van der Waals surface area (Å²) in [6.45, 7) is 4.24. The van der Waals surface area contributed by atoms with E-state index in [2.05, 4.69) is 16.6 Å². The van der Waals surface area contributed by atoms with E-state index < -0.39 is 0 Å². The third kappa shape index (κ3) is 3.78. The van der Waals surface area contributed by atoms with Crippen molar-refractivity contribution in [3.05, 3.63) is 11.9 Å². The molecular weight excluding hydrogens is 186 g/mol. The van der Waals surface area contributed by atoms with Crippen molar-refractivity contribution in [2.24, 2.45) is 0 Å². The molecule has 0 amide bonds. The molecule has 0 unspecified atom stereocenters. The standard InChI is InChI=1S/C8H15N3OS/c1-3-12-5-4-11-6-8(7-13-2)9-10-11/h6H,3-5,7H2,1-2H3. The number of aromatic nitrogens is 3. The largest absolute Gasteiger partial charge is 0.380 e. The van der Waals surface area contributed by atoms with E-state index in [-0.39, 0.29) is 0 Å². The molecule has 1 rings (SSSR count). The van der Waals surface area contributed by atoms with E-state index in [0.717, 1.165) is 24.6 Å². The molecule has 1 aromatic heterocycles. The number of hydrogen-bond donors (Lipinski definition) is 0. The highest BCUT2D eigenvalue weighted by atomic mass is 32.2. The molecular formula is C8H15N3OS. The molecule has 0 saturated heterocycles. The summed E-state index contributed by atoms with van der Waals surface area (Å²) in [5.74, 6) is 0.925. The van der Waals surface area contributed by atoms with Gasteiger partial charge in [-0.2, -0.15) is 11.8 Å². The van der Waals surface area contributed by atoms with Crippen LogP contribution in [0.25, 0.3) is 0 Å². The Morgan fingerprint density at radius 3 is 3.15 bits per heavy atom. The van der Waals surface area contributed by atoms with E-state index >= 15 is 0 Å². The second-order valence-corrected chi connectivity index (χ2v) is 3.47. The summed E-state index contributed by atoms with van der Waals surface area (Å²) in [5.41, 5.74) is 1.03. The van der Waals surface area contributed by atoms with E-state index in [4.69, 9.17) is 4.74 Å². The molecule has 1 heterocycles. The summed E-state index contributed by atoms with van der Waals surface area (Å²) in [4.78, 5) is 0. The zero-order valence-electron chi connectivity index (χ0n) is 8.06. The third-order valence-electron chi connectivity index (χ3n) is 1.55. The van der Waals surface area contributed by atoms with Crippen molar-refractivity contribution in [2.75, 3.05) is 19.5 Å². The van der Waals surface area contributed by atoms with Crippen molar-refractivity contribution in [3.8, 4) is 0 Å². The van der Waals surface area contributed by atoms with Gasteiger partial charge in [-0.25, -0.2) is 4.68 Å². The van der Waals surface area contributed by atoms with Gasteiger partial charge in [0.05, 0.1) is 18.8 Å². The van der Waals surface area contributed by atoms with Crippen molar-refractivity contribution >= 4 is 11.8 Å². The molecule has 0 bridgehead atoms. The van der Waals surface area contributed by atoms with Crippen molar-refractivity contribution in [2.45, 2.75) is 19.2 Å². The molecule has 0 fully saturated rings. The maximum absolute atomic E-state index is 5.21. The first-order valence-electron chi connectivity index (χ1n) is 4.32. The number of rotatable bonds is 6. The second-order valence-electron chi connectivity index (χ2n) is 2.60. The molecule has 0 radical (unpaired) electrons. The minimum Gasteiger partial charge on any atom is -0.380 e. The van der Waals surface area contributed by atoms with Gasteiger partial charge >= 0.3 is 0 Å². The Morgan fingerprint density at radius 1 is 1.62 bits per heavy atom. The van der Waals surface area contributed by atoms with Crippen LogP contribution in [0.15, 0.2) is 6.20 Å². The molecule has 0 saturated carbocycles. The van der Waals surface area contributed by atoms with Crippen LogP contribution < -0.4 is 0 Å². The highest BCUT2D eigenvalue weighted by Gasteiger charge is 1.98. The minimum absolute atomic E-state index is 0.707. The normalized spacial score (nSPS) is 10.6. The fourth-order valence-electron chi connectivity index (χ4n) is 0.964. The SMILES string of the molecule is CCOCCn1cc(CSC)nn1. The van der Waals surface area contributed by atoms with Crippen molar-refractivity contribution in [1.29, 1.82) is 0 Å². The van der Waals surface area contributed by atoms with Gasteiger partial charge in [-0.15, -0.1) is 5.10 Å². The molecule has 0 aliphatic heterocycles. The first kappa shape index (κ1) is 10.5. The molecule has 4 nitrogen and oxygen atoms in total. The number of hydrogen-bond acceptors (Lipinski definition) is 4. The van der Waals surface area contributed by atoms with Gasteiger partial charge in [0, 0.05) is 18.6 Å². The zero-order valence-corrected chi connectivity index (χ0v) is 8.88. The van der Waals surface area contributed by atoms with Gasteiger partial charge < -0.3 is 4.74 Å². The molecule has 0 aliphatic carbocycles. The lowest BCUT2D eigenvalue weighted by atomic mass is 10.5. The number of ether oxygens (including phenoxy) is 1. The quantitative estimate of drug-likeness (QED) is 0.648. The highest BCUT2D eigenvalue weighted by molar-refractivity contribution is 7.97. The van der Waals surface area contributed by atoms with Gasteiger partial charge in [0.2, 0.25) is 0 Å². The van der Waals surface area contributed by atoms with Crippen LogP contribution in [0.1, 0.15) is 12.6 Å².